The Morgan fingerprint density at radius 1 is 1.50 bits per heavy atom. The van der Waals surface area contributed by atoms with Crippen molar-refractivity contribution in [1.82, 2.24) is 0 Å². The second-order valence-electron chi connectivity index (χ2n) is 4.36. The fourth-order valence-electron chi connectivity index (χ4n) is 1.53. The molecule has 3 nitrogen and oxygen atoms in total. The lowest BCUT2D eigenvalue weighted by Gasteiger charge is -2.29. The van der Waals surface area contributed by atoms with E-state index in [9.17, 15) is 4.79 Å². The third kappa shape index (κ3) is 3.60. The van der Waals surface area contributed by atoms with E-state index in [1.165, 1.54) is 7.11 Å². The van der Waals surface area contributed by atoms with E-state index in [2.05, 4.69) is 15.9 Å². The molecule has 1 aromatic carbocycles. The Hall–Kier alpha value is -0.290. The first kappa shape index (κ1) is 17.7. The lowest BCUT2D eigenvalue weighted by molar-refractivity contribution is -0.152. The predicted octanol–water partition coefficient (Wildman–Crippen LogP) is 3.72. The molecule has 0 saturated heterocycles. The van der Waals surface area contributed by atoms with Crippen LogP contribution in [0.1, 0.15) is 25.5 Å². The number of ether oxygens (including phenoxy) is 1. The molecule has 1 aromatic rings. The minimum atomic E-state index is -0.800. The standard InChI is InChI=1S/C12H15BrClNO2.ClH/c1-12(2,11(16)17-3)10(15)8-5-4-7(14)6-9(8)13;/h4-6,10H,15H2,1-3H3;1H/t10-;/m1./s1. The number of carbonyl (C=O) groups excluding carboxylic acids is 1. The summed E-state index contributed by atoms with van der Waals surface area (Å²) >= 11 is 9.26. The minimum Gasteiger partial charge on any atom is -0.469 e. The molecular formula is C12H16BrCl2NO2. The number of esters is 1. The number of hydrogen-bond acceptors (Lipinski definition) is 3. The van der Waals surface area contributed by atoms with Gasteiger partial charge in [-0.05, 0) is 31.5 Å². The molecule has 0 aliphatic heterocycles. The topological polar surface area (TPSA) is 52.3 Å². The van der Waals surface area contributed by atoms with Crippen molar-refractivity contribution in [2.45, 2.75) is 19.9 Å². The fraction of sp³-hybridized carbons (Fsp3) is 0.417. The molecule has 0 radical (unpaired) electrons. The van der Waals surface area contributed by atoms with Crippen LogP contribution in [-0.4, -0.2) is 13.1 Å². The molecular weight excluding hydrogens is 341 g/mol. The van der Waals surface area contributed by atoms with Crippen molar-refractivity contribution in [2.24, 2.45) is 11.1 Å². The van der Waals surface area contributed by atoms with Gasteiger partial charge < -0.3 is 10.5 Å². The van der Waals surface area contributed by atoms with Gasteiger partial charge in [0.05, 0.1) is 12.5 Å². The van der Waals surface area contributed by atoms with Gasteiger partial charge in [0.15, 0.2) is 0 Å². The first-order valence-electron chi connectivity index (χ1n) is 5.09. The third-order valence-corrected chi connectivity index (χ3v) is 3.71. The van der Waals surface area contributed by atoms with Crippen molar-refractivity contribution >= 4 is 45.9 Å². The highest BCUT2D eigenvalue weighted by Crippen LogP contribution is 2.36. The van der Waals surface area contributed by atoms with Crippen LogP contribution >= 0.6 is 39.9 Å². The van der Waals surface area contributed by atoms with E-state index in [4.69, 9.17) is 22.1 Å². The Labute approximate surface area is 127 Å². The number of methoxy groups -OCH3 is 1. The van der Waals surface area contributed by atoms with Gasteiger partial charge in [-0.2, -0.15) is 0 Å². The van der Waals surface area contributed by atoms with Crippen molar-refractivity contribution in [3.05, 3.63) is 33.3 Å². The predicted molar refractivity (Wildman–Crippen MR) is 79.1 cm³/mol. The zero-order valence-corrected chi connectivity index (χ0v) is 13.5. The number of halogens is 3. The molecule has 0 aliphatic rings. The van der Waals surface area contributed by atoms with Gasteiger partial charge >= 0.3 is 5.97 Å². The van der Waals surface area contributed by atoms with Gasteiger partial charge in [0, 0.05) is 15.5 Å². The zero-order valence-electron chi connectivity index (χ0n) is 10.4. The summed E-state index contributed by atoms with van der Waals surface area (Å²) in [5, 5.41) is 0.615. The quantitative estimate of drug-likeness (QED) is 0.839. The molecule has 0 unspecified atom stereocenters. The SMILES string of the molecule is COC(=O)C(C)(C)[C@H](N)c1ccc(Cl)cc1Br.Cl. The van der Waals surface area contributed by atoms with Gasteiger partial charge in [-0.1, -0.05) is 33.6 Å². The molecule has 0 aliphatic carbocycles. The molecule has 2 N–H and O–H groups in total. The van der Waals surface area contributed by atoms with Crippen LogP contribution < -0.4 is 5.73 Å². The summed E-state index contributed by atoms with van der Waals surface area (Å²) in [5.74, 6) is -0.341. The van der Waals surface area contributed by atoms with E-state index in [1.54, 1.807) is 26.0 Å². The summed E-state index contributed by atoms with van der Waals surface area (Å²) in [6, 6.07) is 4.84. The molecule has 1 atom stereocenters. The maximum Gasteiger partial charge on any atom is 0.313 e. The summed E-state index contributed by atoms with van der Waals surface area (Å²) in [5.41, 5.74) is 6.15. The van der Waals surface area contributed by atoms with Crippen LogP contribution in [-0.2, 0) is 9.53 Å². The van der Waals surface area contributed by atoms with Crippen LogP contribution in [0, 0.1) is 5.41 Å². The highest BCUT2D eigenvalue weighted by molar-refractivity contribution is 9.10. The van der Waals surface area contributed by atoms with Gasteiger partial charge in [0.1, 0.15) is 0 Å². The molecule has 0 bridgehead atoms. The average molecular weight is 357 g/mol. The maximum absolute atomic E-state index is 11.7. The summed E-state index contributed by atoms with van der Waals surface area (Å²) in [6.45, 7) is 3.51. The molecule has 18 heavy (non-hydrogen) atoms. The molecule has 0 fully saturated rings. The van der Waals surface area contributed by atoms with Crippen molar-refractivity contribution in [1.29, 1.82) is 0 Å². The molecule has 6 heteroatoms. The van der Waals surface area contributed by atoms with Crippen molar-refractivity contribution in [2.75, 3.05) is 7.11 Å². The Morgan fingerprint density at radius 2 is 2.06 bits per heavy atom. The Bertz CT molecular complexity index is 438. The third-order valence-electron chi connectivity index (χ3n) is 2.79. The summed E-state index contributed by atoms with van der Waals surface area (Å²) in [4.78, 5) is 11.7. The van der Waals surface area contributed by atoms with Crippen LogP contribution in [0.2, 0.25) is 5.02 Å². The zero-order chi connectivity index (χ0) is 13.2. The van der Waals surface area contributed by atoms with E-state index in [0.29, 0.717) is 5.02 Å². The van der Waals surface area contributed by atoms with E-state index >= 15 is 0 Å². The van der Waals surface area contributed by atoms with E-state index in [-0.39, 0.29) is 18.4 Å². The van der Waals surface area contributed by atoms with Crippen molar-refractivity contribution in [3.8, 4) is 0 Å². The number of benzene rings is 1. The van der Waals surface area contributed by atoms with E-state index in [0.717, 1.165) is 10.0 Å². The summed E-state index contributed by atoms with van der Waals surface area (Å²) in [7, 11) is 1.35. The average Bonchev–Trinajstić information content (AvgIpc) is 2.27. The van der Waals surface area contributed by atoms with E-state index in [1.807, 2.05) is 6.07 Å². The molecule has 0 spiro atoms. The molecule has 1 rings (SSSR count). The van der Waals surface area contributed by atoms with Crippen LogP contribution in [0.3, 0.4) is 0 Å². The summed E-state index contributed by atoms with van der Waals surface area (Å²) in [6.07, 6.45) is 0. The summed E-state index contributed by atoms with van der Waals surface area (Å²) < 4.78 is 5.55. The lowest BCUT2D eigenvalue weighted by Crippen LogP contribution is -2.37. The van der Waals surface area contributed by atoms with Crippen LogP contribution in [0.15, 0.2) is 22.7 Å². The fourth-order valence-corrected chi connectivity index (χ4v) is 2.46. The molecule has 0 saturated carbocycles. The Kier molecular flexibility index (Phi) is 6.65. The highest BCUT2D eigenvalue weighted by Gasteiger charge is 2.37. The van der Waals surface area contributed by atoms with Gasteiger partial charge in [0.25, 0.3) is 0 Å². The molecule has 0 amide bonds. The van der Waals surface area contributed by atoms with Crippen molar-refractivity contribution in [3.63, 3.8) is 0 Å². The minimum absolute atomic E-state index is 0. The van der Waals surface area contributed by atoms with Crippen LogP contribution in [0.4, 0.5) is 0 Å². The highest BCUT2D eigenvalue weighted by atomic mass is 79.9. The smallest absolute Gasteiger partial charge is 0.313 e. The normalized spacial score (nSPS) is 12.6. The van der Waals surface area contributed by atoms with Gasteiger partial charge in [-0.15, -0.1) is 12.4 Å². The number of hydrogen-bond donors (Lipinski definition) is 1. The molecule has 0 aromatic heterocycles. The maximum atomic E-state index is 11.7. The van der Waals surface area contributed by atoms with Crippen LogP contribution in [0.5, 0.6) is 0 Å². The van der Waals surface area contributed by atoms with Gasteiger partial charge in [-0.3, -0.25) is 4.79 Å². The van der Waals surface area contributed by atoms with Gasteiger partial charge in [0.2, 0.25) is 0 Å². The Balaban J connectivity index is 0.00000289. The number of rotatable bonds is 3. The van der Waals surface area contributed by atoms with Crippen molar-refractivity contribution < 1.29 is 9.53 Å². The molecule has 102 valence electrons. The Morgan fingerprint density at radius 3 is 2.50 bits per heavy atom. The lowest BCUT2D eigenvalue weighted by atomic mass is 9.81. The first-order valence-corrected chi connectivity index (χ1v) is 6.26. The second kappa shape index (κ2) is 6.75. The second-order valence-corrected chi connectivity index (χ2v) is 5.65. The number of nitrogens with two attached hydrogens (primary N) is 1. The van der Waals surface area contributed by atoms with Crippen LogP contribution in [0.25, 0.3) is 0 Å². The monoisotopic (exact) mass is 355 g/mol. The molecule has 0 heterocycles. The largest absolute Gasteiger partial charge is 0.469 e. The van der Waals surface area contributed by atoms with Gasteiger partial charge in [-0.25, -0.2) is 0 Å². The van der Waals surface area contributed by atoms with E-state index < -0.39 is 11.5 Å². The first-order chi connectivity index (χ1) is 7.80. The number of carbonyl (C=O) groups is 1.